The van der Waals surface area contributed by atoms with Gasteiger partial charge in [-0.1, -0.05) is 30.3 Å². The molecule has 11 nitrogen and oxygen atoms in total. The minimum Gasteiger partial charge on any atom is -0.497 e. The number of piperidine rings is 2. The van der Waals surface area contributed by atoms with E-state index in [1.807, 2.05) is 82.1 Å². The Balaban J connectivity index is 0.926. The number of ether oxygens (including phenoxy) is 1. The van der Waals surface area contributed by atoms with Crippen molar-refractivity contribution >= 4 is 28.3 Å². The number of carbonyl (C=O) groups excluding carboxylic acids is 1. The number of hydrogen-bond donors (Lipinski definition) is 1. The quantitative estimate of drug-likeness (QED) is 0.216. The van der Waals surface area contributed by atoms with Crippen molar-refractivity contribution in [3.8, 4) is 22.0 Å². The number of hydrogen-bond acceptors (Lipinski definition) is 8. The van der Waals surface area contributed by atoms with Gasteiger partial charge in [-0.15, -0.1) is 11.3 Å². The van der Waals surface area contributed by atoms with E-state index in [9.17, 15) is 14.7 Å². The van der Waals surface area contributed by atoms with Gasteiger partial charge in [0.05, 0.1) is 24.6 Å². The van der Waals surface area contributed by atoms with Gasteiger partial charge in [0.25, 0.3) is 5.56 Å². The highest BCUT2D eigenvalue weighted by molar-refractivity contribution is 7.15. The predicted molar refractivity (Wildman–Crippen MR) is 202 cm³/mol. The lowest BCUT2D eigenvalue weighted by atomic mass is 9.79. The Morgan fingerprint density at radius 3 is 2.52 bits per heavy atom. The summed E-state index contributed by atoms with van der Waals surface area (Å²) in [4.78, 5) is 42.7. The Labute approximate surface area is 306 Å². The van der Waals surface area contributed by atoms with E-state index in [1.165, 1.54) is 21.3 Å². The van der Waals surface area contributed by atoms with Crippen LogP contribution in [0.2, 0.25) is 0 Å². The number of benzene rings is 2. The van der Waals surface area contributed by atoms with Crippen LogP contribution in [0.3, 0.4) is 0 Å². The van der Waals surface area contributed by atoms with Crippen LogP contribution in [0.15, 0.2) is 103 Å². The molecule has 268 valence electrons. The van der Waals surface area contributed by atoms with Crippen molar-refractivity contribution < 1.29 is 14.6 Å². The number of aryl methyl sites for hydroxylation is 1. The molecule has 6 heterocycles. The standard InChI is InChI=1S/C40H43N7O4S/c1-43-17-12-29(23-43)37-41-22-32(52-37)24-44-18-13-33(35(25-44)28-6-4-3-5-7-28)38(48)45-20-15-40(50,16-21-45)26-46-27-42-36-34(39(46)49)14-19-47(36)30-8-10-31(51-2)11-9-30/h3-12,14,17,19,22-23,27,33,35,50H,13,15-16,18,20-21,24-26H2,1-2H3/t33-,35+/m1/s1. The largest absolute Gasteiger partial charge is 0.497 e. The summed E-state index contributed by atoms with van der Waals surface area (Å²) in [6.07, 6.45) is 11.0. The number of carbonyl (C=O) groups is 1. The molecule has 2 atom stereocenters. The minimum atomic E-state index is -1.12. The fraction of sp³-hybridized carbons (Fsp3) is 0.350. The Morgan fingerprint density at radius 2 is 1.79 bits per heavy atom. The van der Waals surface area contributed by atoms with Crippen LogP contribution in [-0.4, -0.2) is 83.4 Å². The molecule has 2 aromatic carbocycles. The van der Waals surface area contributed by atoms with E-state index in [-0.39, 0.29) is 29.8 Å². The SMILES string of the molecule is COc1ccc(-n2ccc3c(=O)n(CC4(O)CCN(C(=O)[C@@H]5CCN(Cc6cnc(-c7ccn(C)c7)s6)C[C@H]5c5ccccc5)CC4)cnc32)cc1. The molecule has 0 unspecified atom stereocenters. The molecular formula is C40H43N7O4S. The summed E-state index contributed by atoms with van der Waals surface area (Å²) < 4.78 is 10.7. The first-order valence-electron chi connectivity index (χ1n) is 17.8. The lowest BCUT2D eigenvalue weighted by Crippen LogP contribution is -2.53. The second kappa shape index (κ2) is 14.2. The Bertz CT molecular complexity index is 2230. The summed E-state index contributed by atoms with van der Waals surface area (Å²) in [6, 6.07) is 21.8. The maximum atomic E-state index is 14.2. The topological polar surface area (TPSA) is 111 Å². The molecule has 1 N–H and O–H groups in total. The van der Waals surface area contributed by atoms with Gasteiger partial charge in [-0.2, -0.15) is 0 Å². The normalized spacial score (nSPS) is 19.2. The number of rotatable bonds is 9. The first-order chi connectivity index (χ1) is 25.3. The summed E-state index contributed by atoms with van der Waals surface area (Å²) in [5, 5.41) is 13.2. The maximum absolute atomic E-state index is 14.2. The van der Waals surface area contributed by atoms with Crippen molar-refractivity contribution in [3.05, 3.63) is 119 Å². The summed E-state index contributed by atoms with van der Waals surface area (Å²) in [5.41, 5.74) is 2.41. The van der Waals surface area contributed by atoms with Gasteiger partial charge in [0.2, 0.25) is 5.91 Å². The van der Waals surface area contributed by atoms with Crippen LogP contribution < -0.4 is 10.3 Å². The van der Waals surface area contributed by atoms with Gasteiger partial charge in [-0.25, -0.2) is 9.97 Å². The number of aliphatic hydroxyl groups is 1. The maximum Gasteiger partial charge on any atom is 0.262 e. The third-order valence-corrected chi connectivity index (χ3v) is 11.8. The van der Waals surface area contributed by atoms with E-state index in [0.29, 0.717) is 37.0 Å². The van der Waals surface area contributed by atoms with Gasteiger partial charge < -0.3 is 23.9 Å². The molecule has 2 saturated heterocycles. The van der Waals surface area contributed by atoms with Crippen LogP contribution in [0.1, 0.15) is 35.6 Å². The molecule has 8 rings (SSSR count). The highest BCUT2D eigenvalue weighted by Gasteiger charge is 2.41. The van der Waals surface area contributed by atoms with E-state index < -0.39 is 5.60 Å². The second-order valence-electron chi connectivity index (χ2n) is 14.2. The fourth-order valence-corrected chi connectivity index (χ4v) is 8.78. The third-order valence-electron chi connectivity index (χ3n) is 10.7. The molecule has 0 bridgehead atoms. The zero-order chi connectivity index (χ0) is 35.8. The molecule has 52 heavy (non-hydrogen) atoms. The molecule has 1 amide bonds. The highest BCUT2D eigenvalue weighted by atomic mass is 32.1. The molecule has 2 fully saturated rings. The average Bonchev–Trinajstić information content (AvgIpc) is 3.94. The van der Waals surface area contributed by atoms with Crippen LogP contribution in [-0.2, 0) is 24.9 Å². The van der Waals surface area contributed by atoms with Crippen molar-refractivity contribution in [2.75, 3.05) is 33.3 Å². The van der Waals surface area contributed by atoms with Crippen molar-refractivity contribution in [2.24, 2.45) is 13.0 Å². The molecule has 6 aromatic rings. The van der Waals surface area contributed by atoms with Crippen molar-refractivity contribution in [2.45, 2.75) is 43.9 Å². The number of nitrogens with zero attached hydrogens (tertiary/aromatic N) is 7. The van der Waals surface area contributed by atoms with Gasteiger partial charge in [-0.3, -0.25) is 19.1 Å². The summed E-state index contributed by atoms with van der Waals surface area (Å²) in [7, 11) is 3.64. The average molecular weight is 718 g/mol. The summed E-state index contributed by atoms with van der Waals surface area (Å²) in [5.74, 6) is 0.819. The summed E-state index contributed by atoms with van der Waals surface area (Å²) >= 11 is 1.73. The number of amides is 1. The molecule has 2 aliphatic rings. The smallest absolute Gasteiger partial charge is 0.262 e. The van der Waals surface area contributed by atoms with E-state index in [0.717, 1.165) is 48.1 Å². The minimum absolute atomic E-state index is 0.0615. The zero-order valence-corrected chi connectivity index (χ0v) is 30.3. The Hall–Kier alpha value is -5.04. The van der Waals surface area contributed by atoms with E-state index in [4.69, 9.17) is 9.72 Å². The van der Waals surface area contributed by atoms with Crippen molar-refractivity contribution in [1.29, 1.82) is 0 Å². The van der Waals surface area contributed by atoms with Crippen LogP contribution in [0.25, 0.3) is 27.3 Å². The number of aromatic nitrogens is 5. The molecule has 0 radical (unpaired) electrons. The van der Waals surface area contributed by atoms with Gasteiger partial charge in [0, 0.05) is 86.0 Å². The van der Waals surface area contributed by atoms with Crippen LogP contribution >= 0.6 is 11.3 Å². The van der Waals surface area contributed by atoms with Crippen molar-refractivity contribution in [3.63, 3.8) is 0 Å². The molecule has 0 aliphatic carbocycles. The highest BCUT2D eigenvalue weighted by Crippen LogP contribution is 2.37. The van der Waals surface area contributed by atoms with Crippen LogP contribution in [0.5, 0.6) is 5.75 Å². The van der Waals surface area contributed by atoms with Crippen molar-refractivity contribution in [1.82, 2.24) is 33.5 Å². The molecule has 0 spiro atoms. The van der Waals surface area contributed by atoms with Crippen LogP contribution in [0.4, 0.5) is 0 Å². The Morgan fingerprint density at radius 1 is 1.00 bits per heavy atom. The molecular weight excluding hydrogens is 675 g/mol. The van der Waals surface area contributed by atoms with Gasteiger partial charge in [0.15, 0.2) is 5.65 Å². The lowest BCUT2D eigenvalue weighted by molar-refractivity contribution is -0.142. The first kappa shape index (κ1) is 34.1. The van der Waals surface area contributed by atoms with E-state index in [2.05, 4.69) is 34.3 Å². The number of thiazole rings is 1. The molecule has 12 heteroatoms. The zero-order valence-electron chi connectivity index (χ0n) is 29.5. The van der Waals surface area contributed by atoms with Gasteiger partial charge in [-0.05, 0) is 67.8 Å². The van der Waals surface area contributed by atoms with E-state index >= 15 is 0 Å². The number of likely N-dealkylation sites (tertiary alicyclic amines) is 2. The third kappa shape index (κ3) is 6.81. The number of methoxy groups -OCH3 is 1. The monoisotopic (exact) mass is 717 g/mol. The molecule has 2 aliphatic heterocycles. The Kier molecular flexibility index (Phi) is 9.29. The fourth-order valence-electron chi connectivity index (χ4n) is 7.83. The number of fused-ring (bicyclic) bond motifs is 1. The van der Waals surface area contributed by atoms with Gasteiger partial charge >= 0.3 is 0 Å². The first-order valence-corrected chi connectivity index (χ1v) is 18.6. The van der Waals surface area contributed by atoms with Crippen LogP contribution in [0, 0.1) is 5.92 Å². The second-order valence-corrected chi connectivity index (χ2v) is 15.3. The molecule has 4 aromatic heterocycles. The predicted octanol–water partition coefficient (Wildman–Crippen LogP) is 5.32. The van der Waals surface area contributed by atoms with E-state index in [1.54, 1.807) is 24.5 Å². The lowest BCUT2D eigenvalue weighted by Gasteiger charge is -2.43. The summed E-state index contributed by atoms with van der Waals surface area (Å²) in [6.45, 7) is 3.43. The molecule has 0 saturated carbocycles. The van der Waals surface area contributed by atoms with Gasteiger partial charge in [0.1, 0.15) is 17.1 Å².